The first-order valence-electron chi connectivity index (χ1n) is 4.37. The van der Waals surface area contributed by atoms with Crippen LogP contribution in [0.25, 0.3) is 0 Å². The van der Waals surface area contributed by atoms with E-state index < -0.39 is 0 Å². The van der Waals surface area contributed by atoms with Crippen molar-refractivity contribution in [3.63, 3.8) is 0 Å². The maximum atomic E-state index is 4.31. The number of aliphatic imine (C=N–C) groups is 1. The van der Waals surface area contributed by atoms with Gasteiger partial charge in [0, 0.05) is 6.21 Å². The molecule has 1 N–H and O–H groups in total. The highest BCUT2D eigenvalue weighted by Gasteiger charge is 2.06. The topological polar surface area (TPSA) is 24.4 Å². The maximum Gasteiger partial charge on any atom is 0.144 e. The molecular weight excluding hydrogens is 160 g/mol. The number of benzene rings is 1. The summed E-state index contributed by atoms with van der Waals surface area (Å²) in [6.07, 6.45) is 5.72. The lowest BCUT2D eigenvalue weighted by molar-refractivity contribution is 0.653. The van der Waals surface area contributed by atoms with Crippen molar-refractivity contribution in [1.29, 1.82) is 0 Å². The number of aryl methyl sites for hydroxylation is 1. The lowest BCUT2D eigenvalue weighted by Gasteiger charge is -2.15. The van der Waals surface area contributed by atoms with Gasteiger partial charge in [0.05, 0.1) is 0 Å². The predicted molar refractivity (Wildman–Crippen MR) is 54.7 cm³/mol. The zero-order chi connectivity index (χ0) is 9.10. The third-order valence-electron chi connectivity index (χ3n) is 2.06. The molecule has 1 aromatic rings. The van der Waals surface area contributed by atoms with Crippen LogP contribution < -0.4 is 5.32 Å². The van der Waals surface area contributed by atoms with Crippen molar-refractivity contribution < 1.29 is 0 Å². The molecule has 1 heterocycles. The van der Waals surface area contributed by atoms with Crippen LogP contribution in [-0.2, 0) is 0 Å². The second-order valence-corrected chi connectivity index (χ2v) is 3.14. The van der Waals surface area contributed by atoms with Crippen LogP contribution in [0, 0.1) is 6.92 Å². The number of hydrogen-bond acceptors (Lipinski definition) is 2. The average Bonchev–Trinajstić information content (AvgIpc) is 2.20. The number of rotatable bonds is 1. The van der Waals surface area contributed by atoms with Gasteiger partial charge in [0.1, 0.15) is 6.17 Å². The summed E-state index contributed by atoms with van der Waals surface area (Å²) >= 11 is 0. The molecule has 2 nitrogen and oxygen atoms in total. The van der Waals surface area contributed by atoms with Crippen LogP contribution in [0.15, 0.2) is 41.5 Å². The summed E-state index contributed by atoms with van der Waals surface area (Å²) in [5, 5.41) is 3.18. The van der Waals surface area contributed by atoms with E-state index in [9.17, 15) is 0 Å². The molecule has 0 saturated carbocycles. The van der Waals surface area contributed by atoms with E-state index in [0.29, 0.717) is 0 Å². The van der Waals surface area contributed by atoms with Gasteiger partial charge in [-0.15, -0.1) is 0 Å². The van der Waals surface area contributed by atoms with Crippen molar-refractivity contribution in [3.05, 3.63) is 47.7 Å². The fourth-order valence-electron chi connectivity index (χ4n) is 1.30. The summed E-state index contributed by atoms with van der Waals surface area (Å²) in [7, 11) is 0. The zero-order valence-electron chi connectivity index (χ0n) is 7.57. The first-order valence-corrected chi connectivity index (χ1v) is 4.37. The van der Waals surface area contributed by atoms with Crippen LogP contribution in [0.4, 0.5) is 0 Å². The van der Waals surface area contributed by atoms with Crippen molar-refractivity contribution in [2.75, 3.05) is 0 Å². The number of nitrogens with zero attached hydrogens (tertiary/aromatic N) is 1. The van der Waals surface area contributed by atoms with E-state index in [0.717, 1.165) is 0 Å². The number of hydrogen-bond donors (Lipinski definition) is 1. The highest BCUT2D eigenvalue weighted by molar-refractivity contribution is 5.72. The minimum Gasteiger partial charge on any atom is -0.366 e. The minimum atomic E-state index is 0.0885. The van der Waals surface area contributed by atoms with Gasteiger partial charge in [-0.05, 0) is 24.8 Å². The summed E-state index contributed by atoms with van der Waals surface area (Å²) < 4.78 is 0. The molecule has 2 heteroatoms. The monoisotopic (exact) mass is 172 g/mol. The second kappa shape index (κ2) is 3.44. The van der Waals surface area contributed by atoms with Gasteiger partial charge >= 0.3 is 0 Å². The van der Waals surface area contributed by atoms with E-state index in [4.69, 9.17) is 0 Å². The molecule has 0 fully saturated rings. The first kappa shape index (κ1) is 8.05. The van der Waals surface area contributed by atoms with Crippen molar-refractivity contribution in [1.82, 2.24) is 5.32 Å². The molecule has 0 aliphatic carbocycles. The molecule has 0 bridgehead atoms. The molecule has 66 valence electrons. The van der Waals surface area contributed by atoms with Gasteiger partial charge in [-0.1, -0.05) is 29.8 Å². The minimum absolute atomic E-state index is 0.0885. The summed E-state index contributed by atoms with van der Waals surface area (Å²) in [6.45, 7) is 2.08. The Labute approximate surface area is 78.0 Å². The van der Waals surface area contributed by atoms with Crippen LogP contribution in [0.3, 0.4) is 0 Å². The fraction of sp³-hybridized carbons (Fsp3) is 0.182. The Morgan fingerprint density at radius 1 is 1.23 bits per heavy atom. The third kappa shape index (κ3) is 1.78. The summed E-state index contributed by atoms with van der Waals surface area (Å²) in [5.41, 5.74) is 2.48. The predicted octanol–water partition coefficient (Wildman–Crippen LogP) is 2.18. The van der Waals surface area contributed by atoms with E-state index in [-0.39, 0.29) is 6.17 Å². The molecule has 0 aromatic heterocycles. The Bertz CT molecular complexity index is 336. The lowest BCUT2D eigenvalue weighted by Crippen LogP contribution is -2.15. The van der Waals surface area contributed by atoms with Gasteiger partial charge < -0.3 is 5.32 Å². The van der Waals surface area contributed by atoms with Crippen LogP contribution in [0.2, 0.25) is 0 Å². The van der Waals surface area contributed by atoms with Crippen LogP contribution in [0.1, 0.15) is 17.3 Å². The highest BCUT2D eigenvalue weighted by atomic mass is 15.1. The first-order chi connectivity index (χ1) is 6.36. The smallest absolute Gasteiger partial charge is 0.144 e. The average molecular weight is 172 g/mol. The Balaban J connectivity index is 2.21. The van der Waals surface area contributed by atoms with Crippen LogP contribution >= 0.6 is 0 Å². The second-order valence-electron chi connectivity index (χ2n) is 3.14. The third-order valence-corrected chi connectivity index (χ3v) is 2.06. The van der Waals surface area contributed by atoms with E-state index in [1.54, 1.807) is 0 Å². The van der Waals surface area contributed by atoms with Gasteiger partial charge in [0.25, 0.3) is 0 Å². The summed E-state index contributed by atoms with van der Waals surface area (Å²) in [4.78, 5) is 4.31. The Kier molecular flexibility index (Phi) is 2.13. The van der Waals surface area contributed by atoms with Gasteiger partial charge in [0.15, 0.2) is 0 Å². The van der Waals surface area contributed by atoms with Crippen molar-refractivity contribution in [2.24, 2.45) is 4.99 Å². The standard InChI is InChI=1S/C11H12N2/c1-9-3-5-10(6-4-9)11-12-7-2-8-13-11/h2-8,11-12H,1H3. The normalized spacial score (nSPS) is 19.9. The van der Waals surface area contributed by atoms with Crippen LogP contribution in [0.5, 0.6) is 0 Å². The molecule has 0 spiro atoms. The molecule has 1 aromatic carbocycles. The molecular formula is C11H12N2. The van der Waals surface area contributed by atoms with E-state index in [2.05, 4.69) is 41.5 Å². The zero-order valence-corrected chi connectivity index (χ0v) is 7.57. The molecule has 1 atom stereocenters. The quantitative estimate of drug-likeness (QED) is 0.689. The molecule has 13 heavy (non-hydrogen) atoms. The summed E-state index contributed by atoms with van der Waals surface area (Å²) in [5.74, 6) is 0. The van der Waals surface area contributed by atoms with Crippen molar-refractivity contribution >= 4 is 6.21 Å². The van der Waals surface area contributed by atoms with Gasteiger partial charge in [-0.3, -0.25) is 4.99 Å². The number of nitrogens with one attached hydrogen (secondary N) is 1. The van der Waals surface area contributed by atoms with E-state index in [1.807, 2.05) is 18.5 Å². The van der Waals surface area contributed by atoms with Gasteiger partial charge in [0.2, 0.25) is 0 Å². The van der Waals surface area contributed by atoms with Gasteiger partial charge in [-0.2, -0.15) is 0 Å². The largest absolute Gasteiger partial charge is 0.366 e. The number of allylic oxidation sites excluding steroid dienone is 1. The molecule has 0 saturated heterocycles. The molecule has 1 unspecified atom stereocenters. The van der Waals surface area contributed by atoms with Crippen molar-refractivity contribution in [2.45, 2.75) is 13.1 Å². The maximum absolute atomic E-state index is 4.31. The fourth-order valence-corrected chi connectivity index (χ4v) is 1.30. The molecule has 0 amide bonds. The SMILES string of the molecule is Cc1ccc(C2N=CC=CN2)cc1. The van der Waals surface area contributed by atoms with Gasteiger partial charge in [-0.25, -0.2) is 0 Å². The molecule has 1 aliphatic rings. The Morgan fingerprint density at radius 3 is 2.62 bits per heavy atom. The molecule has 1 aliphatic heterocycles. The van der Waals surface area contributed by atoms with E-state index in [1.165, 1.54) is 11.1 Å². The van der Waals surface area contributed by atoms with Crippen molar-refractivity contribution in [3.8, 4) is 0 Å². The molecule has 2 rings (SSSR count). The lowest BCUT2D eigenvalue weighted by atomic mass is 10.1. The van der Waals surface area contributed by atoms with Crippen LogP contribution in [-0.4, -0.2) is 6.21 Å². The highest BCUT2D eigenvalue weighted by Crippen LogP contribution is 2.15. The van der Waals surface area contributed by atoms with E-state index >= 15 is 0 Å². The molecule has 0 radical (unpaired) electrons. The Hall–Kier alpha value is -1.57. The summed E-state index contributed by atoms with van der Waals surface area (Å²) in [6, 6.07) is 8.41. The Morgan fingerprint density at radius 2 is 2.00 bits per heavy atom.